The van der Waals surface area contributed by atoms with Crippen LogP contribution in [0, 0.1) is 5.41 Å². The minimum Gasteiger partial charge on any atom is -0.381 e. The van der Waals surface area contributed by atoms with Crippen LogP contribution in [0.1, 0.15) is 55.8 Å². The standard InChI is InChI=1S/C20H26N4O3/c1-14(2)19-22-18(23-27-19)16-12-24(13-20(16)5-8-26-9-6-20)17(25)10-15-4-3-7-21-11-15/h3-4,7,11,14,16H,5-6,8-10,12-13H2,1-2H3. The summed E-state index contributed by atoms with van der Waals surface area (Å²) in [6, 6.07) is 3.80. The Bertz CT molecular complexity index is 784. The van der Waals surface area contributed by atoms with Gasteiger partial charge in [0.15, 0.2) is 5.82 Å². The quantitative estimate of drug-likeness (QED) is 0.823. The van der Waals surface area contributed by atoms with E-state index in [0.29, 0.717) is 18.9 Å². The number of likely N-dealkylation sites (tertiary alicyclic amines) is 1. The van der Waals surface area contributed by atoms with Gasteiger partial charge < -0.3 is 14.2 Å². The molecule has 2 aliphatic rings. The Hall–Kier alpha value is -2.28. The van der Waals surface area contributed by atoms with Crippen molar-refractivity contribution in [3.8, 4) is 0 Å². The van der Waals surface area contributed by atoms with Gasteiger partial charge in [-0.15, -0.1) is 0 Å². The van der Waals surface area contributed by atoms with Crippen molar-refractivity contribution >= 4 is 5.91 Å². The molecule has 2 aromatic rings. The fourth-order valence-electron chi connectivity index (χ4n) is 4.21. The van der Waals surface area contributed by atoms with Gasteiger partial charge in [-0.1, -0.05) is 25.1 Å². The summed E-state index contributed by atoms with van der Waals surface area (Å²) < 4.78 is 11.1. The third-order valence-electron chi connectivity index (χ3n) is 5.83. The fraction of sp³-hybridized carbons (Fsp3) is 0.600. The molecule has 1 unspecified atom stereocenters. The fourth-order valence-corrected chi connectivity index (χ4v) is 4.21. The van der Waals surface area contributed by atoms with Gasteiger partial charge in [-0.2, -0.15) is 4.98 Å². The second-order valence-corrected chi connectivity index (χ2v) is 7.99. The van der Waals surface area contributed by atoms with Crippen LogP contribution in [-0.2, 0) is 16.0 Å². The van der Waals surface area contributed by atoms with Gasteiger partial charge in [0.05, 0.1) is 6.42 Å². The van der Waals surface area contributed by atoms with Crippen LogP contribution >= 0.6 is 0 Å². The Morgan fingerprint density at radius 2 is 2.19 bits per heavy atom. The minimum atomic E-state index is -0.0268. The summed E-state index contributed by atoms with van der Waals surface area (Å²) in [5, 5.41) is 4.27. The molecule has 0 aliphatic carbocycles. The molecule has 2 fully saturated rings. The van der Waals surface area contributed by atoms with Crippen LogP contribution in [0.15, 0.2) is 29.0 Å². The smallest absolute Gasteiger partial charge is 0.229 e. The second-order valence-electron chi connectivity index (χ2n) is 7.99. The molecule has 7 heteroatoms. The molecule has 2 aliphatic heterocycles. The molecule has 1 amide bonds. The van der Waals surface area contributed by atoms with Gasteiger partial charge in [-0.05, 0) is 24.5 Å². The Morgan fingerprint density at radius 3 is 2.85 bits per heavy atom. The largest absolute Gasteiger partial charge is 0.381 e. The maximum atomic E-state index is 12.9. The minimum absolute atomic E-state index is 0.0268. The van der Waals surface area contributed by atoms with Gasteiger partial charge in [-0.25, -0.2) is 0 Å². The van der Waals surface area contributed by atoms with Gasteiger partial charge in [0.25, 0.3) is 0 Å². The topological polar surface area (TPSA) is 81.4 Å². The Kier molecular flexibility index (Phi) is 4.95. The van der Waals surface area contributed by atoms with Gasteiger partial charge in [0.1, 0.15) is 0 Å². The van der Waals surface area contributed by atoms with Crippen LogP contribution < -0.4 is 0 Å². The summed E-state index contributed by atoms with van der Waals surface area (Å²) in [7, 11) is 0. The monoisotopic (exact) mass is 370 g/mol. The normalized spacial score (nSPS) is 21.9. The molecular formula is C20H26N4O3. The number of ether oxygens (including phenoxy) is 1. The second kappa shape index (κ2) is 7.38. The van der Waals surface area contributed by atoms with Crippen molar-refractivity contribution in [3.63, 3.8) is 0 Å². The predicted molar refractivity (Wildman–Crippen MR) is 98.1 cm³/mol. The summed E-state index contributed by atoms with van der Waals surface area (Å²) in [6.07, 6.45) is 5.68. The maximum absolute atomic E-state index is 12.9. The van der Waals surface area contributed by atoms with E-state index in [1.807, 2.05) is 30.9 Å². The molecule has 27 heavy (non-hydrogen) atoms. The first-order valence-corrected chi connectivity index (χ1v) is 9.65. The number of amides is 1. The number of hydrogen-bond acceptors (Lipinski definition) is 6. The molecular weight excluding hydrogens is 344 g/mol. The predicted octanol–water partition coefficient (Wildman–Crippen LogP) is 2.55. The number of carbonyl (C=O) groups is 1. The molecule has 1 spiro atoms. The van der Waals surface area contributed by atoms with Crippen molar-refractivity contribution < 1.29 is 14.1 Å². The lowest BCUT2D eigenvalue weighted by atomic mass is 9.72. The van der Waals surface area contributed by atoms with Gasteiger partial charge >= 0.3 is 0 Å². The van der Waals surface area contributed by atoms with Crippen LogP contribution in [0.5, 0.6) is 0 Å². The van der Waals surface area contributed by atoms with Crippen LogP contribution in [0.2, 0.25) is 0 Å². The Morgan fingerprint density at radius 1 is 1.37 bits per heavy atom. The van der Waals surface area contributed by atoms with E-state index in [1.165, 1.54) is 0 Å². The molecule has 4 heterocycles. The highest BCUT2D eigenvalue weighted by Gasteiger charge is 2.51. The molecule has 7 nitrogen and oxygen atoms in total. The molecule has 0 saturated carbocycles. The third kappa shape index (κ3) is 3.60. The number of pyridine rings is 1. The first-order valence-electron chi connectivity index (χ1n) is 9.65. The molecule has 2 saturated heterocycles. The van der Waals surface area contributed by atoms with Crippen molar-refractivity contribution in [2.75, 3.05) is 26.3 Å². The third-order valence-corrected chi connectivity index (χ3v) is 5.83. The van der Waals surface area contributed by atoms with E-state index in [-0.39, 0.29) is 23.2 Å². The van der Waals surface area contributed by atoms with Crippen LogP contribution in [-0.4, -0.2) is 52.2 Å². The van der Waals surface area contributed by atoms with E-state index in [9.17, 15) is 4.79 Å². The van der Waals surface area contributed by atoms with Crippen molar-refractivity contribution in [3.05, 3.63) is 41.8 Å². The highest BCUT2D eigenvalue weighted by molar-refractivity contribution is 5.79. The van der Waals surface area contributed by atoms with E-state index in [4.69, 9.17) is 9.26 Å². The van der Waals surface area contributed by atoms with Gasteiger partial charge in [0.2, 0.25) is 11.8 Å². The molecule has 0 aromatic carbocycles. The number of aromatic nitrogens is 3. The summed E-state index contributed by atoms with van der Waals surface area (Å²) >= 11 is 0. The molecule has 2 aromatic heterocycles. The number of carbonyl (C=O) groups excluding carboxylic acids is 1. The summed E-state index contributed by atoms with van der Waals surface area (Å²) in [5.74, 6) is 1.81. The summed E-state index contributed by atoms with van der Waals surface area (Å²) in [4.78, 5) is 23.7. The molecule has 0 N–H and O–H groups in total. The molecule has 0 bridgehead atoms. The zero-order chi connectivity index (χ0) is 18.9. The first kappa shape index (κ1) is 18.1. The number of hydrogen-bond donors (Lipinski definition) is 0. The van der Waals surface area contributed by atoms with E-state index >= 15 is 0 Å². The van der Waals surface area contributed by atoms with E-state index in [1.54, 1.807) is 12.4 Å². The van der Waals surface area contributed by atoms with E-state index in [2.05, 4.69) is 15.1 Å². The first-order chi connectivity index (χ1) is 13.1. The van der Waals surface area contributed by atoms with Crippen molar-refractivity contribution in [1.29, 1.82) is 0 Å². The summed E-state index contributed by atoms with van der Waals surface area (Å²) in [5.41, 5.74) is 0.912. The highest BCUT2D eigenvalue weighted by Crippen LogP contribution is 2.48. The molecule has 0 radical (unpaired) electrons. The zero-order valence-electron chi connectivity index (χ0n) is 15.9. The lowest BCUT2D eigenvalue weighted by Crippen LogP contribution is -2.37. The zero-order valence-corrected chi connectivity index (χ0v) is 15.9. The average molecular weight is 370 g/mol. The number of nitrogens with zero attached hydrogens (tertiary/aromatic N) is 4. The Labute approximate surface area is 159 Å². The average Bonchev–Trinajstić information content (AvgIpc) is 3.29. The van der Waals surface area contributed by atoms with E-state index < -0.39 is 0 Å². The maximum Gasteiger partial charge on any atom is 0.229 e. The molecule has 1 atom stereocenters. The Balaban J connectivity index is 1.56. The van der Waals surface area contributed by atoms with Crippen molar-refractivity contribution in [2.45, 2.75) is 44.9 Å². The van der Waals surface area contributed by atoms with E-state index in [0.717, 1.165) is 44.0 Å². The van der Waals surface area contributed by atoms with Crippen LogP contribution in [0.3, 0.4) is 0 Å². The van der Waals surface area contributed by atoms with Crippen molar-refractivity contribution in [2.24, 2.45) is 5.41 Å². The highest BCUT2D eigenvalue weighted by atomic mass is 16.5. The van der Waals surface area contributed by atoms with Crippen molar-refractivity contribution in [1.82, 2.24) is 20.0 Å². The van der Waals surface area contributed by atoms with Crippen LogP contribution in [0.4, 0.5) is 0 Å². The summed E-state index contributed by atoms with van der Waals surface area (Å²) in [6.45, 7) is 6.88. The van der Waals surface area contributed by atoms with Crippen LogP contribution in [0.25, 0.3) is 0 Å². The SMILES string of the molecule is CC(C)c1nc(C2CN(C(=O)Cc3cccnc3)CC23CCOCC3)no1. The van der Waals surface area contributed by atoms with Gasteiger partial charge in [0, 0.05) is 55.9 Å². The van der Waals surface area contributed by atoms with Gasteiger partial charge in [-0.3, -0.25) is 9.78 Å². The molecule has 144 valence electrons. The molecule has 4 rings (SSSR count). The lowest BCUT2D eigenvalue weighted by Gasteiger charge is -2.36. The lowest BCUT2D eigenvalue weighted by molar-refractivity contribution is -0.130. The number of rotatable bonds is 4.